The van der Waals surface area contributed by atoms with Gasteiger partial charge in [0.25, 0.3) is 0 Å². The van der Waals surface area contributed by atoms with Gasteiger partial charge in [0.05, 0.1) is 18.1 Å². The van der Waals surface area contributed by atoms with Crippen molar-refractivity contribution in [1.82, 2.24) is 10.6 Å². The molecular weight excluding hydrogens is 517 g/mol. The van der Waals surface area contributed by atoms with E-state index in [-0.39, 0.29) is 46.9 Å². The fourth-order valence-corrected chi connectivity index (χ4v) is 5.59. The Labute approximate surface area is 175 Å². The highest BCUT2D eigenvalue weighted by molar-refractivity contribution is 14.0. The Hall–Kier alpha value is -0.350. The van der Waals surface area contributed by atoms with E-state index in [9.17, 15) is 8.42 Å². The Morgan fingerprint density at radius 1 is 1.36 bits per heavy atom. The minimum atomic E-state index is -2.89. The molecule has 1 unspecified atom stereocenters. The Kier molecular flexibility index (Phi) is 7.17. The smallest absolute Gasteiger partial charge is 0.191 e. The number of benzene rings is 1. The molecule has 1 heterocycles. The highest BCUT2D eigenvalue weighted by Crippen LogP contribution is 2.50. The van der Waals surface area contributed by atoms with Crippen LogP contribution in [0.2, 0.25) is 0 Å². The van der Waals surface area contributed by atoms with Crippen LogP contribution in [0.4, 0.5) is 0 Å². The molecule has 0 spiro atoms. The first-order valence-corrected chi connectivity index (χ1v) is 11.1. The van der Waals surface area contributed by atoms with Gasteiger partial charge < -0.3 is 10.6 Å². The quantitative estimate of drug-likeness (QED) is 0.341. The first-order valence-electron chi connectivity index (χ1n) is 8.44. The Balaban J connectivity index is 0.00000225. The molecule has 8 heteroatoms. The summed E-state index contributed by atoms with van der Waals surface area (Å²) in [6, 6.07) is 8.30. The first-order chi connectivity index (χ1) is 11.4. The lowest BCUT2D eigenvalue weighted by Crippen LogP contribution is -2.44. The van der Waals surface area contributed by atoms with E-state index in [0.29, 0.717) is 13.0 Å². The number of hydrogen-bond acceptors (Lipinski definition) is 3. The van der Waals surface area contributed by atoms with Gasteiger partial charge in [-0.15, -0.1) is 24.0 Å². The molecule has 2 N–H and O–H groups in total. The number of halogens is 2. The predicted octanol–water partition coefficient (Wildman–Crippen LogP) is 2.84. The average Bonchev–Trinajstić information content (AvgIpc) is 3.24. The molecule has 0 radical (unpaired) electrons. The molecule has 2 fully saturated rings. The van der Waals surface area contributed by atoms with Gasteiger partial charge in [0, 0.05) is 22.5 Å². The van der Waals surface area contributed by atoms with Crippen molar-refractivity contribution < 1.29 is 8.42 Å². The second-order valence-corrected chi connectivity index (χ2v) is 9.78. The Bertz CT molecular complexity index is 735. The number of hydrogen-bond donors (Lipinski definition) is 2. The monoisotopic (exact) mass is 541 g/mol. The minimum Gasteiger partial charge on any atom is -0.357 e. The molecule has 3 rings (SSSR count). The zero-order valence-electron chi connectivity index (χ0n) is 14.3. The number of rotatable bonds is 5. The summed E-state index contributed by atoms with van der Waals surface area (Å²) in [5.41, 5.74) is 1.43. The lowest BCUT2D eigenvalue weighted by atomic mass is 9.96. The van der Waals surface area contributed by atoms with Crippen molar-refractivity contribution in [3.8, 4) is 0 Å². The molecule has 1 aliphatic carbocycles. The predicted molar refractivity (Wildman–Crippen MR) is 117 cm³/mol. The molecule has 0 aromatic heterocycles. The van der Waals surface area contributed by atoms with Crippen molar-refractivity contribution in [1.29, 1.82) is 0 Å². The molecule has 5 nitrogen and oxygen atoms in total. The fraction of sp³-hybridized carbons (Fsp3) is 0.588. The van der Waals surface area contributed by atoms with Crippen molar-refractivity contribution in [2.45, 2.75) is 37.6 Å². The third-order valence-electron chi connectivity index (χ3n) is 4.76. The van der Waals surface area contributed by atoms with Crippen LogP contribution in [0.1, 0.15) is 31.7 Å². The summed E-state index contributed by atoms with van der Waals surface area (Å²) in [6.45, 7) is 3.49. The highest BCUT2D eigenvalue weighted by atomic mass is 127. The summed E-state index contributed by atoms with van der Waals surface area (Å²) >= 11 is 3.65. The maximum Gasteiger partial charge on any atom is 0.191 e. The fourth-order valence-electron chi connectivity index (χ4n) is 3.21. The van der Waals surface area contributed by atoms with Gasteiger partial charge in [-0.25, -0.2) is 8.42 Å². The van der Waals surface area contributed by atoms with Crippen LogP contribution < -0.4 is 10.6 Å². The SMILES string of the molecule is CCNC(=NCC1(c2ccccc2Br)CC1)NC1CCS(=O)(=O)C1.I. The summed E-state index contributed by atoms with van der Waals surface area (Å²) in [5.74, 6) is 1.19. The zero-order chi connectivity index (χ0) is 17.2. The first kappa shape index (κ1) is 21.0. The largest absolute Gasteiger partial charge is 0.357 e. The highest BCUT2D eigenvalue weighted by Gasteiger charge is 2.45. The van der Waals surface area contributed by atoms with Crippen LogP contribution in [-0.2, 0) is 15.3 Å². The minimum absolute atomic E-state index is 0. The topological polar surface area (TPSA) is 70.6 Å². The van der Waals surface area contributed by atoms with E-state index in [0.717, 1.165) is 29.8 Å². The van der Waals surface area contributed by atoms with Gasteiger partial charge in [0.15, 0.2) is 15.8 Å². The van der Waals surface area contributed by atoms with Crippen molar-refractivity contribution >= 4 is 55.7 Å². The van der Waals surface area contributed by atoms with Gasteiger partial charge in [-0.2, -0.15) is 0 Å². The van der Waals surface area contributed by atoms with Gasteiger partial charge in [0.2, 0.25) is 0 Å². The van der Waals surface area contributed by atoms with Gasteiger partial charge in [-0.3, -0.25) is 4.99 Å². The van der Waals surface area contributed by atoms with Crippen LogP contribution in [0.3, 0.4) is 0 Å². The van der Waals surface area contributed by atoms with Gasteiger partial charge >= 0.3 is 0 Å². The molecule has 1 aromatic carbocycles. The number of guanidine groups is 1. The number of aliphatic imine (C=N–C) groups is 1. The van der Waals surface area contributed by atoms with E-state index >= 15 is 0 Å². The molecule has 1 saturated heterocycles. The third kappa shape index (κ3) is 5.32. The summed E-state index contributed by atoms with van der Waals surface area (Å²) in [6.07, 6.45) is 2.93. The molecule has 0 amide bonds. The van der Waals surface area contributed by atoms with Gasteiger partial charge in [-0.1, -0.05) is 34.1 Å². The van der Waals surface area contributed by atoms with Crippen LogP contribution in [0.5, 0.6) is 0 Å². The van der Waals surface area contributed by atoms with Crippen molar-refractivity contribution in [3.05, 3.63) is 34.3 Å². The van der Waals surface area contributed by atoms with Crippen molar-refractivity contribution in [2.75, 3.05) is 24.6 Å². The molecular formula is C17H25BrIN3O2S. The van der Waals surface area contributed by atoms with E-state index in [1.54, 1.807) is 0 Å². The molecule has 140 valence electrons. The molecule has 1 saturated carbocycles. The standard InChI is InChI=1S/C17H24BrN3O2S.HI/c1-2-19-16(21-13-7-10-24(22,23)11-13)20-12-17(8-9-17)14-5-3-4-6-15(14)18;/h3-6,13H,2,7-12H2,1H3,(H2,19,20,21);1H. The summed E-state index contributed by atoms with van der Waals surface area (Å²) < 4.78 is 24.4. The summed E-state index contributed by atoms with van der Waals surface area (Å²) in [7, 11) is -2.89. The van der Waals surface area contributed by atoms with Crippen LogP contribution in [0, 0.1) is 0 Å². The average molecular weight is 542 g/mol. The van der Waals surface area contributed by atoms with Crippen LogP contribution in [0.25, 0.3) is 0 Å². The lowest BCUT2D eigenvalue weighted by Gasteiger charge is -2.19. The number of sulfone groups is 1. The molecule has 2 aliphatic rings. The van der Waals surface area contributed by atoms with Crippen molar-refractivity contribution in [2.24, 2.45) is 4.99 Å². The second kappa shape index (κ2) is 8.56. The van der Waals surface area contributed by atoms with E-state index in [2.05, 4.69) is 44.8 Å². The summed E-state index contributed by atoms with van der Waals surface area (Å²) in [4.78, 5) is 4.76. The third-order valence-corrected chi connectivity index (χ3v) is 7.22. The second-order valence-electron chi connectivity index (χ2n) is 6.70. The van der Waals surface area contributed by atoms with Crippen molar-refractivity contribution in [3.63, 3.8) is 0 Å². The zero-order valence-corrected chi connectivity index (χ0v) is 19.0. The van der Waals surface area contributed by atoms with E-state index < -0.39 is 9.84 Å². The van der Waals surface area contributed by atoms with E-state index in [4.69, 9.17) is 4.99 Å². The Morgan fingerprint density at radius 3 is 2.64 bits per heavy atom. The molecule has 1 aromatic rings. The maximum atomic E-state index is 11.6. The normalized spacial score (nSPS) is 23.6. The van der Waals surface area contributed by atoms with Crippen LogP contribution in [-0.4, -0.2) is 45.0 Å². The van der Waals surface area contributed by atoms with Gasteiger partial charge in [0.1, 0.15) is 0 Å². The van der Waals surface area contributed by atoms with E-state index in [1.807, 2.05) is 13.0 Å². The number of nitrogens with zero attached hydrogens (tertiary/aromatic N) is 1. The Morgan fingerprint density at radius 2 is 2.08 bits per heavy atom. The number of nitrogens with one attached hydrogen (secondary N) is 2. The molecule has 25 heavy (non-hydrogen) atoms. The molecule has 1 aliphatic heterocycles. The molecule has 0 bridgehead atoms. The molecule has 1 atom stereocenters. The van der Waals surface area contributed by atoms with Crippen LogP contribution in [0.15, 0.2) is 33.7 Å². The van der Waals surface area contributed by atoms with E-state index in [1.165, 1.54) is 5.56 Å². The van der Waals surface area contributed by atoms with Crippen LogP contribution >= 0.6 is 39.9 Å². The lowest BCUT2D eigenvalue weighted by molar-refractivity contribution is 0.599. The summed E-state index contributed by atoms with van der Waals surface area (Å²) in [5, 5.41) is 6.52. The maximum absolute atomic E-state index is 11.6. The van der Waals surface area contributed by atoms with Gasteiger partial charge in [-0.05, 0) is 37.8 Å².